The molecule has 0 aliphatic heterocycles. The van der Waals surface area contributed by atoms with Gasteiger partial charge in [0.1, 0.15) is 12.2 Å². The van der Waals surface area contributed by atoms with Crippen molar-refractivity contribution in [2.24, 2.45) is 4.99 Å². The first kappa shape index (κ1) is 19.2. The summed E-state index contributed by atoms with van der Waals surface area (Å²) >= 11 is 0. The van der Waals surface area contributed by atoms with Gasteiger partial charge in [0.05, 0.1) is 4.92 Å². The molecule has 1 aromatic carbocycles. The Morgan fingerprint density at radius 3 is 2.62 bits per heavy atom. The average Bonchev–Trinajstić information content (AvgIpc) is 3.11. The van der Waals surface area contributed by atoms with E-state index in [0.29, 0.717) is 25.6 Å². The van der Waals surface area contributed by atoms with Crippen LogP contribution in [0.15, 0.2) is 35.6 Å². The second kappa shape index (κ2) is 9.97. The zero-order chi connectivity index (χ0) is 18.8. The molecule has 0 amide bonds. The van der Waals surface area contributed by atoms with Crippen LogP contribution in [0.4, 0.5) is 11.4 Å². The van der Waals surface area contributed by atoms with E-state index in [9.17, 15) is 10.1 Å². The highest BCUT2D eigenvalue weighted by molar-refractivity contribution is 5.79. The number of nitro groups is 1. The molecule has 0 aliphatic carbocycles. The molecule has 140 valence electrons. The van der Waals surface area contributed by atoms with E-state index >= 15 is 0 Å². The largest absolute Gasteiger partial charge is 0.383 e. The zero-order valence-corrected chi connectivity index (χ0v) is 15.0. The maximum absolute atomic E-state index is 10.6. The molecular weight excluding hydrogens is 336 g/mol. The molecule has 0 saturated carbocycles. The number of hydrogen-bond acceptors (Lipinski definition) is 6. The molecule has 0 radical (unpaired) electrons. The first-order chi connectivity index (χ1) is 12.6. The van der Waals surface area contributed by atoms with Gasteiger partial charge in [-0.2, -0.15) is 0 Å². The third kappa shape index (κ3) is 5.72. The van der Waals surface area contributed by atoms with Crippen molar-refractivity contribution in [1.82, 2.24) is 25.4 Å². The lowest BCUT2D eigenvalue weighted by Crippen LogP contribution is -2.40. The van der Waals surface area contributed by atoms with Crippen molar-refractivity contribution in [1.29, 1.82) is 0 Å². The quantitative estimate of drug-likeness (QED) is 0.201. The summed E-state index contributed by atoms with van der Waals surface area (Å²) in [5, 5.41) is 28.2. The molecule has 2 rings (SSSR count). The fourth-order valence-electron chi connectivity index (χ4n) is 2.34. The van der Waals surface area contributed by atoms with E-state index in [1.807, 2.05) is 11.5 Å². The standard InChI is InChI=1S/C16H24N8O2/c1-3-15-22-21-12-23(15)11-10-20-16(17-2)19-9-8-18-13-4-6-14(7-5-13)24(25)26/h4-7,12,18H,3,8-11H2,1-2H3,(H2,17,19,20). The van der Waals surface area contributed by atoms with E-state index in [1.54, 1.807) is 25.5 Å². The van der Waals surface area contributed by atoms with Gasteiger partial charge < -0.3 is 20.5 Å². The van der Waals surface area contributed by atoms with Gasteiger partial charge in [-0.15, -0.1) is 10.2 Å². The molecule has 10 heteroatoms. The Hall–Kier alpha value is -3.17. The molecule has 26 heavy (non-hydrogen) atoms. The fraction of sp³-hybridized carbons (Fsp3) is 0.438. The number of guanidine groups is 1. The third-order valence-electron chi connectivity index (χ3n) is 3.71. The molecule has 10 nitrogen and oxygen atoms in total. The molecule has 0 aliphatic rings. The summed E-state index contributed by atoms with van der Waals surface area (Å²) in [5.41, 5.74) is 0.914. The number of non-ortho nitro benzene ring substituents is 1. The molecule has 0 spiro atoms. The first-order valence-electron chi connectivity index (χ1n) is 8.43. The number of aryl methyl sites for hydroxylation is 1. The Morgan fingerprint density at radius 2 is 1.96 bits per heavy atom. The number of rotatable bonds is 9. The molecule has 0 fully saturated rings. The van der Waals surface area contributed by atoms with Crippen molar-refractivity contribution in [2.75, 3.05) is 32.0 Å². The average molecular weight is 360 g/mol. The first-order valence-corrected chi connectivity index (χ1v) is 8.43. The molecule has 0 atom stereocenters. The van der Waals surface area contributed by atoms with Crippen molar-refractivity contribution >= 4 is 17.3 Å². The normalized spacial score (nSPS) is 11.2. The minimum atomic E-state index is -0.412. The van der Waals surface area contributed by atoms with Crippen LogP contribution in [0.2, 0.25) is 0 Å². The number of benzene rings is 1. The lowest BCUT2D eigenvalue weighted by molar-refractivity contribution is -0.384. The Labute approximate surface area is 151 Å². The van der Waals surface area contributed by atoms with E-state index in [2.05, 4.69) is 31.1 Å². The van der Waals surface area contributed by atoms with Crippen molar-refractivity contribution < 1.29 is 4.92 Å². The van der Waals surface area contributed by atoms with Crippen LogP contribution >= 0.6 is 0 Å². The number of aromatic nitrogens is 3. The second-order valence-electron chi connectivity index (χ2n) is 5.45. The van der Waals surface area contributed by atoms with Crippen molar-refractivity contribution in [3.8, 4) is 0 Å². The topological polar surface area (TPSA) is 122 Å². The van der Waals surface area contributed by atoms with Gasteiger partial charge in [-0.3, -0.25) is 15.1 Å². The number of nitrogens with zero attached hydrogens (tertiary/aromatic N) is 5. The minimum absolute atomic E-state index is 0.0811. The molecular formula is C16H24N8O2. The van der Waals surface area contributed by atoms with E-state index < -0.39 is 4.92 Å². The third-order valence-corrected chi connectivity index (χ3v) is 3.71. The van der Waals surface area contributed by atoms with Gasteiger partial charge in [0.15, 0.2) is 5.96 Å². The Kier molecular flexibility index (Phi) is 7.34. The monoisotopic (exact) mass is 360 g/mol. The predicted molar refractivity (Wildman–Crippen MR) is 100 cm³/mol. The Balaban J connectivity index is 1.66. The maximum atomic E-state index is 10.6. The summed E-state index contributed by atoms with van der Waals surface area (Å²) < 4.78 is 2.01. The van der Waals surface area contributed by atoms with Gasteiger partial charge in [-0.05, 0) is 12.1 Å². The van der Waals surface area contributed by atoms with Crippen molar-refractivity contribution in [3.63, 3.8) is 0 Å². The summed E-state index contributed by atoms with van der Waals surface area (Å²) in [6.45, 7) is 4.83. The Bertz CT molecular complexity index is 726. The number of aliphatic imine (C=N–C) groups is 1. The van der Waals surface area contributed by atoms with Gasteiger partial charge >= 0.3 is 0 Å². The number of anilines is 1. The summed E-state index contributed by atoms with van der Waals surface area (Å²) in [6, 6.07) is 6.34. The molecule has 3 N–H and O–H groups in total. The second-order valence-corrected chi connectivity index (χ2v) is 5.45. The molecule has 1 heterocycles. The number of nitrogens with one attached hydrogen (secondary N) is 3. The number of hydrogen-bond donors (Lipinski definition) is 3. The van der Waals surface area contributed by atoms with E-state index in [-0.39, 0.29) is 5.69 Å². The summed E-state index contributed by atoms with van der Waals surface area (Å²) in [7, 11) is 1.72. The van der Waals surface area contributed by atoms with E-state index in [4.69, 9.17) is 0 Å². The summed E-state index contributed by atoms with van der Waals surface area (Å²) in [5.74, 6) is 1.67. The van der Waals surface area contributed by atoms with Gasteiger partial charge in [0.2, 0.25) is 0 Å². The van der Waals surface area contributed by atoms with Crippen LogP contribution in [0.1, 0.15) is 12.7 Å². The maximum Gasteiger partial charge on any atom is 0.269 e. The highest BCUT2D eigenvalue weighted by atomic mass is 16.6. The van der Waals surface area contributed by atoms with Crippen molar-refractivity contribution in [2.45, 2.75) is 19.9 Å². The van der Waals surface area contributed by atoms with E-state index in [1.165, 1.54) is 12.1 Å². The number of nitro benzene ring substituents is 1. The SMILES string of the molecule is CCc1nncn1CCNC(=NC)NCCNc1ccc([N+](=O)[O-])cc1. The van der Waals surface area contributed by atoms with Crippen LogP contribution in [-0.2, 0) is 13.0 Å². The lowest BCUT2D eigenvalue weighted by atomic mass is 10.3. The van der Waals surface area contributed by atoms with Crippen LogP contribution in [0.25, 0.3) is 0 Å². The fourth-order valence-corrected chi connectivity index (χ4v) is 2.34. The molecule has 0 bridgehead atoms. The van der Waals surface area contributed by atoms with Gasteiger partial charge in [0, 0.05) is 57.5 Å². The molecule has 1 aromatic heterocycles. The van der Waals surface area contributed by atoms with Crippen LogP contribution in [0.3, 0.4) is 0 Å². The zero-order valence-electron chi connectivity index (χ0n) is 15.0. The van der Waals surface area contributed by atoms with Gasteiger partial charge in [-0.25, -0.2) is 0 Å². The highest BCUT2D eigenvalue weighted by Crippen LogP contribution is 2.14. The lowest BCUT2D eigenvalue weighted by Gasteiger charge is -2.13. The molecule has 2 aromatic rings. The van der Waals surface area contributed by atoms with Gasteiger partial charge in [0.25, 0.3) is 5.69 Å². The summed E-state index contributed by atoms with van der Waals surface area (Å²) in [6.07, 6.45) is 2.58. The molecule has 0 unspecified atom stereocenters. The van der Waals surface area contributed by atoms with Crippen LogP contribution in [-0.4, -0.2) is 52.3 Å². The predicted octanol–water partition coefficient (Wildman–Crippen LogP) is 1.03. The van der Waals surface area contributed by atoms with Crippen LogP contribution in [0, 0.1) is 10.1 Å². The van der Waals surface area contributed by atoms with E-state index in [0.717, 1.165) is 24.5 Å². The summed E-state index contributed by atoms with van der Waals surface area (Å²) in [4.78, 5) is 14.4. The van der Waals surface area contributed by atoms with Crippen molar-refractivity contribution in [3.05, 3.63) is 46.5 Å². The van der Waals surface area contributed by atoms with Crippen LogP contribution in [0.5, 0.6) is 0 Å². The Morgan fingerprint density at radius 1 is 1.23 bits per heavy atom. The van der Waals surface area contributed by atoms with Gasteiger partial charge in [-0.1, -0.05) is 6.92 Å². The smallest absolute Gasteiger partial charge is 0.269 e. The molecule has 0 saturated heterocycles. The minimum Gasteiger partial charge on any atom is -0.383 e. The highest BCUT2D eigenvalue weighted by Gasteiger charge is 2.04. The van der Waals surface area contributed by atoms with Crippen LogP contribution < -0.4 is 16.0 Å².